The summed E-state index contributed by atoms with van der Waals surface area (Å²) in [6.45, 7) is 3.27. The molecule has 1 aliphatic heterocycles. The summed E-state index contributed by atoms with van der Waals surface area (Å²) >= 11 is 0. The topological polar surface area (TPSA) is 111 Å². The molecule has 4 aromatic rings. The molecule has 5 rings (SSSR count). The number of carbonyl (C=O) groups is 3. The van der Waals surface area contributed by atoms with Crippen LogP contribution >= 0.6 is 0 Å². The lowest BCUT2D eigenvalue weighted by atomic mass is 9.80. The molecule has 1 aliphatic rings. The van der Waals surface area contributed by atoms with Crippen LogP contribution in [0.1, 0.15) is 57.3 Å². The molecule has 1 N–H and O–H groups in total. The first kappa shape index (κ1) is 31.9. The summed E-state index contributed by atoms with van der Waals surface area (Å²) in [4.78, 5) is 44.3. The van der Waals surface area contributed by atoms with E-state index in [-0.39, 0.29) is 29.2 Å². The Bertz CT molecular complexity index is 1830. The Hall–Kier alpha value is -5.51. The number of nitrogens with one attached hydrogen (secondary N) is 1. The number of benzene rings is 3. The maximum atomic E-state index is 14.3. The zero-order chi connectivity index (χ0) is 33.3. The van der Waals surface area contributed by atoms with Crippen molar-refractivity contribution >= 4 is 23.5 Å². The number of fused-ring (bicyclic) bond motifs is 1. The van der Waals surface area contributed by atoms with Crippen LogP contribution in [0.2, 0.25) is 0 Å². The number of amides is 3. The summed E-state index contributed by atoms with van der Waals surface area (Å²) in [5.41, 5.74) is -0.457. The Balaban J connectivity index is 1.75. The molecule has 9 nitrogen and oxygen atoms in total. The van der Waals surface area contributed by atoms with E-state index in [2.05, 4.69) is 10.4 Å². The molecule has 0 radical (unpaired) electrons. The van der Waals surface area contributed by atoms with Crippen LogP contribution in [0.3, 0.4) is 0 Å². The van der Waals surface area contributed by atoms with Gasteiger partial charge in [-0.3, -0.25) is 19.3 Å². The number of likely N-dealkylation sites (N-methyl/N-ethyl adjacent to an activating group) is 1. The van der Waals surface area contributed by atoms with Crippen LogP contribution in [0.15, 0.2) is 78.9 Å². The molecule has 13 heteroatoms. The number of anilines is 1. The molecular formula is C33H28F4N6O3. The maximum absolute atomic E-state index is 14.3. The summed E-state index contributed by atoms with van der Waals surface area (Å²) in [6.07, 6.45) is -4.71. The summed E-state index contributed by atoms with van der Waals surface area (Å²) in [7, 11) is 1.43. The lowest BCUT2D eigenvalue weighted by Gasteiger charge is -2.38. The van der Waals surface area contributed by atoms with Crippen molar-refractivity contribution in [2.45, 2.75) is 38.0 Å². The lowest BCUT2D eigenvalue weighted by Crippen LogP contribution is -2.55. The Morgan fingerprint density at radius 3 is 2.35 bits per heavy atom. The number of rotatable bonds is 7. The largest absolute Gasteiger partial charge is 0.416 e. The van der Waals surface area contributed by atoms with Gasteiger partial charge in [0.1, 0.15) is 23.7 Å². The summed E-state index contributed by atoms with van der Waals surface area (Å²) in [6, 6.07) is 17.3. The zero-order valence-corrected chi connectivity index (χ0v) is 24.9. The molecule has 46 heavy (non-hydrogen) atoms. The van der Waals surface area contributed by atoms with Crippen molar-refractivity contribution in [3.63, 3.8) is 0 Å². The van der Waals surface area contributed by atoms with E-state index in [1.54, 1.807) is 37.3 Å². The Labute approximate surface area is 261 Å². The number of carbonyl (C=O) groups excluding carboxylic acids is 3. The van der Waals surface area contributed by atoms with Crippen molar-refractivity contribution in [2.75, 3.05) is 18.5 Å². The van der Waals surface area contributed by atoms with Crippen molar-refractivity contribution in [1.29, 1.82) is 5.26 Å². The minimum Gasteiger partial charge on any atom is -0.339 e. The molecule has 2 heterocycles. The SMILES string of the molecule is CCN1C(=O)[C@@H](NC(=O)c2cccc(C(F)(F)F)c2)[C@@H](c2ccc(F)cc2)c2c(C(=O)N(C)[C@H](C)C#N)nn(-c3ccccc3)c21. The van der Waals surface area contributed by atoms with Crippen LogP contribution in [0.25, 0.3) is 5.69 Å². The van der Waals surface area contributed by atoms with Gasteiger partial charge < -0.3 is 10.2 Å². The van der Waals surface area contributed by atoms with E-state index in [0.717, 1.165) is 24.3 Å². The zero-order valence-electron chi connectivity index (χ0n) is 24.9. The first-order valence-corrected chi connectivity index (χ1v) is 14.3. The van der Waals surface area contributed by atoms with Crippen LogP contribution in [-0.4, -0.2) is 58.1 Å². The molecule has 3 atom stereocenters. The summed E-state index contributed by atoms with van der Waals surface area (Å²) < 4.78 is 55.9. The highest BCUT2D eigenvalue weighted by Gasteiger charge is 2.47. The number of para-hydroxylation sites is 1. The van der Waals surface area contributed by atoms with Crippen molar-refractivity contribution < 1.29 is 31.9 Å². The molecule has 236 valence electrons. The van der Waals surface area contributed by atoms with E-state index in [9.17, 15) is 37.2 Å². The van der Waals surface area contributed by atoms with Gasteiger partial charge in [-0.2, -0.15) is 23.5 Å². The van der Waals surface area contributed by atoms with E-state index in [1.807, 2.05) is 6.07 Å². The van der Waals surface area contributed by atoms with E-state index < -0.39 is 53.3 Å². The normalized spacial score (nSPS) is 16.7. The van der Waals surface area contributed by atoms with Crippen molar-refractivity contribution in [3.8, 4) is 11.8 Å². The molecular weight excluding hydrogens is 604 g/mol. The van der Waals surface area contributed by atoms with Gasteiger partial charge in [0.05, 0.1) is 17.3 Å². The number of nitrogens with zero attached hydrogens (tertiary/aromatic N) is 5. The van der Waals surface area contributed by atoms with E-state index in [0.29, 0.717) is 17.3 Å². The second-order valence-electron chi connectivity index (χ2n) is 10.7. The molecule has 0 spiro atoms. The van der Waals surface area contributed by atoms with Gasteiger partial charge in [-0.15, -0.1) is 0 Å². The van der Waals surface area contributed by atoms with Gasteiger partial charge in [-0.25, -0.2) is 9.07 Å². The van der Waals surface area contributed by atoms with Crippen molar-refractivity contribution in [2.24, 2.45) is 0 Å². The number of hydrogen-bond donors (Lipinski definition) is 1. The molecule has 0 saturated heterocycles. The highest BCUT2D eigenvalue weighted by Crippen LogP contribution is 2.44. The molecule has 0 aliphatic carbocycles. The fourth-order valence-corrected chi connectivity index (χ4v) is 5.43. The van der Waals surface area contributed by atoms with E-state index >= 15 is 0 Å². The molecule has 0 bridgehead atoms. The predicted molar refractivity (Wildman–Crippen MR) is 160 cm³/mol. The minimum atomic E-state index is -4.71. The number of alkyl halides is 3. The highest BCUT2D eigenvalue weighted by molar-refractivity contribution is 6.07. The Kier molecular flexibility index (Phi) is 8.65. The summed E-state index contributed by atoms with van der Waals surface area (Å²) in [5, 5.41) is 16.8. The fraction of sp³-hybridized carbons (Fsp3) is 0.242. The van der Waals surface area contributed by atoms with Gasteiger partial charge in [0, 0.05) is 30.6 Å². The average Bonchev–Trinajstić information content (AvgIpc) is 3.44. The third-order valence-electron chi connectivity index (χ3n) is 7.90. The van der Waals surface area contributed by atoms with Gasteiger partial charge in [-0.05, 0) is 61.9 Å². The van der Waals surface area contributed by atoms with Crippen LogP contribution in [-0.2, 0) is 11.0 Å². The molecule has 0 unspecified atom stereocenters. The predicted octanol–water partition coefficient (Wildman–Crippen LogP) is 5.31. The average molecular weight is 633 g/mol. The van der Waals surface area contributed by atoms with Crippen LogP contribution in [0.4, 0.5) is 23.4 Å². The van der Waals surface area contributed by atoms with Crippen molar-refractivity contribution in [3.05, 3.63) is 113 Å². The minimum absolute atomic E-state index is 0.0640. The highest BCUT2D eigenvalue weighted by atomic mass is 19.4. The van der Waals surface area contributed by atoms with Crippen LogP contribution in [0, 0.1) is 17.1 Å². The van der Waals surface area contributed by atoms with Gasteiger partial charge >= 0.3 is 6.18 Å². The third-order valence-corrected chi connectivity index (χ3v) is 7.90. The first-order valence-electron chi connectivity index (χ1n) is 14.3. The van der Waals surface area contributed by atoms with E-state index in [1.165, 1.54) is 46.7 Å². The summed E-state index contributed by atoms with van der Waals surface area (Å²) in [5.74, 6) is -3.74. The maximum Gasteiger partial charge on any atom is 0.416 e. The Morgan fingerprint density at radius 1 is 1.07 bits per heavy atom. The molecule has 1 aromatic heterocycles. The van der Waals surface area contributed by atoms with Gasteiger partial charge in [0.2, 0.25) is 0 Å². The fourth-order valence-electron chi connectivity index (χ4n) is 5.43. The quantitative estimate of drug-likeness (QED) is 0.278. The number of aromatic nitrogens is 2. The molecule has 3 amide bonds. The standard InChI is InChI=1S/C33H28F4N6O3/c1-4-42-30-26(28(31(45)41(3)19(2)18-38)40-43(30)24-11-6-5-7-12-24)25(20-13-15-23(34)16-14-20)27(32(42)46)39-29(44)21-9-8-10-22(17-21)33(35,36)37/h5-17,19,25,27H,4H2,1-3H3,(H,39,44)/t19-,25+,27+/m1/s1. The number of nitriles is 1. The number of hydrogen-bond acceptors (Lipinski definition) is 5. The first-order chi connectivity index (χ1) is 21.9. The lowest BCUT2D eigenvalue weighted by molar-refractivity contribution is -0.137. The van der Waals surface area contributed by atoms with Gasteiger partial charge in [-0.1, -0.05) is 36.4 Å². The Morgan fingerprint density at radius 2 is 1.74 bits per heavy atom. The molecule has 0 saturated carbocycles. The van der Waals surface area contributed by atoms with Crippen LogP contribution in [0.5, 0.6) is 0 Å². The van der Waals surface area contributed by atoms with Gasteiger partial charge in [0.15, 0.2) is 5.69 Å². The van der Waals surface area contributed by atoms with Gasteiger partial charge in [0.25, 0.3) is 17.7 Å². The number of halogens is 4. The molecule has 0 fully saturated rings. The van der Waals surface area contributed by atoms with E-state index in [4.69, 9.17) is 0 Å². The second kappa shape index (κ2) is 12.5. The second-order valence-corrected chi connectivity index (χ2v) is 10.7. The van der Waals surface area contributed by atoms with Crippen LogP contribution < -0.4 is 10.2 Å². The monoisotopic (exact) mass is 632 g/mol. The third kappa shape index (κ3) is 5.81. The van der Waals surface area contributed by atoms with Crippen molar-refractivity contribution in [1.82, 2.24) is 20.0 Å². The smallest absolute Gasteiger partial charge is 0.339 e. The molecule has 3 aromatic carbocycles.